The lowest BCUT2D eigenvalue weighted by molar-refractivity contribution is -0.0200. The zero-order valence-electron chi connectivity index (χ0n) is 10.8. The summed E-state index contributed by atoms with van der Waals surface area (Å²) < 4.78 is 0. The van der Waals surface area contributed by atoms with Gasteiger partial charge in [-0.25, -0.2) is 0 Å². The fraction of sp³-hybridized carbons (Fsp3) is 0.600. The van der Waals surface area contributed by atoms with Crippen molar-refractivity contribution >= 4 is 0 Å². The molecule has 3 nitrogen and oxygen atoms in total. The second-order valence-electron chi connectivity index (χ2n) is 5.96. The van der Waals surface area contributed by atoms with Crippen LogP contribution in [0.5, 0.6) is 0 Å². The quantitative estimate of drug-likeness (QED) is 0.843. The molecule has 0 amide bonds. The number of rotatable bonds is 4. The molecule has 0 radical (unpaired) electrons. The minimum absolute atomic E-state index is 0.0262. The molecule has 1 aliphatic heterocycles. The Morgan fingerprint density at radius 2 is 1.89 bits per heavy atom. The summed E-state index contributed by atoms with van der Waals surface area (Å²) in [5, 5.41) is 10.8. The minimum atomic E-state index is -0.545. The summed E-state index contributed by atoms with van der Waals surface area (Å²) in [5.41, 5.74) is 6.65. The van der Waals surface area contributed by atoms with Crippen LogP contribution in [0.15, 0.2) is 30.3 Å². The molecule has 98 valence electrons. The highest BCUT2D eigenvalue weighted by Gasteiger charge is 2.59. The van der Waals surface area contributed by atoms with E-state index < -0.39 is 5.60 Å². The third-order valence-electron chi connectivity index (χ3n) is 4.81. The van der Waals surface area contributed by atoms with E-state index in [4.69, 9.17) is 5.73 Å². The number of benzene rings is 1. The van der Waals surface area contributed by atoms with Crippen molar-refractivity contribution in [2.75, 3.05) is 19.6 Å². The maximum atomic E-state index is 10.8. The van der Waals surface area contributed by atoms with Crippen molar-refractivity contribution in [2.45, 2.75) is 31.4 Å². The summed E-state index contributed by atoms with van der Waals surface area (Å²) in [6.45, 7) is 3.32. The van der Waals surface area contributed by atoms with Gasteiger partial charge < -0.3 is 10.8 Å². The largest absolute Gasteiger partial charge is 0.388 e. The maximum Gasteiger partial charge on any atom is 0.0854 e. The van der Waals surface area contributed by atoms with Crippen molar-refractivity contribution in [3.8, 4) is 0 Å². The van der Waals surface area contributed by atoms with Gasteiger partial charge in [0.25, 0.3) is 0 Å². The first kappa shape index (κ1) is 12.2. The summed E-state index contributed by atoms with van der Waals surface area (Å²) in [5.74, 6) is 0. The van der Waals surface area contributed by atoms with Crippen molar-refractivity contribution in [1.82, 2.24) is 4.90 Å². The van der Waals surface area contributed by atoms with E-state index in [1.165, 1.54) is 5.56 Å². The second-order valence-corrected chi connectivity index (χ2v) is 5.96. The van der Waals surface area contributed by atoms with Crippen molar-refractivity contribution in [1.29, 1.82) is 0 Å². The summed E-state index contributed by atoms with van der Waals surface area (Å²) in [4.78, 5) is 2.35. The molecule has 1 saturated carbocycles. The van der Waals surface area contributed by atoms with E-state index in [9.17, 15) is 5.11 Å². The third-order valence-corrected chi connectivity index (χ3v) is 4.81. The van der Waals surface area contributed by atoms with Crippen LogP contribution in [0, 0.1) is 5.41 Å². The van der Waals surface area contributed by atoms with Crippen LogP contribution in [-0.4, -0.2) is 35.2 Å². The van der Waals surface area contributed by atoms with Crippen molar-refractivity contribution in [3.05, 3.63) is 35.9 Å². The van der Waals surface area contributed by atoms with Crippen LogP contribution in [0.4, 0.5) is 0 Å². The van der Waals surface area contributed by atoms with Crippen molar-refractivity contribution in [2.24, 2.45) is 11.1 Å². The van der Waals surface area contributed by atoms with Crippen LogP contribution in [-0.2, 0) is 6.54 Å². The summed E-state index contributed by atoms with van der Waals surface area (Å²) in [6.07, 6.45) is 3.06. The molecular formula is C15H22N2O. The number of hydrogen-bond donors (Lipinski definition) is 2. The standard InChI is InChI=1S/C15H22N2O/c16-11-14(6-7-14)15(18)8-9-17(12-15)10-13-4-2-1-3-5-13/h1-5,18H,6-12,16H2. The van der Waals surface area contributed by atoms with Crippen LogP contribution in [0.1, 0.15) is 24.8 Å². The number of aliphatic hydroxyl groups is 1. The normalized spacial score (nSPS) is 30.6. The van der Waals surface area contributed by atoms with Gasteiger partial charge in [0.1, 0.15) is 0 Å². The predicted octanol–water partition coefficient (Wildman–Crippen LogP) is 1.36. The molecule has 1 heterocycles. The lowest BCUT2D eigenvalue weighted by atomic mass is 9.83. The van der Waals surface area contributed by atoms with Crippen LogP contribution in [0.25, 0.3) is 0 Å². The molecule has 2 fully saturated rings. The van der Waals surface area contributed by atoms with Crippen LogP contribution in [0.2, 0.25) is 0 Å². The van der Waals surface area contributed by atoms with E-state index in [-0.39, 0.29) is 5.41 Å². The molecule has 1 saturated heterocycles. The van der Waals surface area contributed by atoms with Gasteiger partial charge in [-0.2, -0.15) is 0 Å². The van der Waals surface area contributed by atoms with Crippen LogP contribution < -0.4 is 5.73 Å². The van der Waals surface area contributed by atoms with Gasteiger partial charge in [0.15, 0.2) is 0 Å². The molecule has 0 aromatic heterocycles. The van der Waals surface area contributed by atoms with Crippen molar-refractivity contribution < 1.29 is 5.11 Å². The van der Waals surface area contributed by atoms with E-state index in [1.807, 2.05) is 6.07 Å². The molecule has 0 spiro atoms. The highest BCUT2D eigenvalue weighted by molar-refractivity contribution is 5.17. The van der Waals surface area contributed by atoms with Gasteiger partial charge in [-0.15, -0.1) is 0 Å². The van der Waals surface area contributed by atoms with E-state index in [2.05, 4.69) is 29.2 Å². The number of nitrogens with two attached hydrogens (primary N) is 1. The highest BCUT2D eigenvalue weighted by atomic mass is 16.3. The van der Waals surface area contributed by atoms with Crippen LogP contribution in [0.3, 0.4) is 0 Å². The first-order valence-corrected chi connectivity index (χ1v) is 6.86. The third kappa shape index (κ3) is 1.96. The Morgan fingerprint density at radius 1 is 1.17 bits per heavy atom. The Labute approximate surface area is 109 Å². The van der Waals surface area contributed by atoms with Gasteiger partial charge in [-0.1, -0.05) is 30.3 Å². The molecule has 1 aliphatic carbocycles. The van der Waals surface area contributed by atoms with Gasteiger partial charge in [0.05, 0.1) is 5.60 Å². The molecule has 1 atom stereocenters. The Kier molecular flexibility index (Phi) is 2.93. The smallest absolute Gasteiger partial charge is 0.0854 e. The average Bonchev–Trinajstić information content (AvgIpc) is 3.12. The Morgan fingerprint density at radius 3 is 2.50 bits per heavy atom. The second kappa shape index (κ2) is 4.34. The average molecular weight is 246 g/mol. The topological polar surface area (TPSA) is 49.5 Å². The lowest BCUT2D eigenvalue weighted by Crippen LogP contribution is -2.46. The number of hydrogen-bond acceptors (Lipinski definition) is 3. The number of likely N-dealkylation sites (tertiary alicyclic amines) is 1. The zero-order valence-corrected chi connectivity index (χ0v) is 10.8. The molecule has 1 aromatic carbocycles. The predicted molar refractivity (Wildman–Crippen MR) is 72.0 cm³/mol. The van der Waals surface area contributed by atoms with Gasteiger partial charge in [-0.3, -0.25) is 4.90 Å². The molecule has 1 aromatic rings. The first-order chi connectivity index (χ1) is 8.67. The molecular weight excluding hydrogens is 224 g/mol. The number of nitrogens with zero attached hydrogens (tertiary/aromatic N) is 1. The van der Waals surface area contributed by atoms with E-state index >= 15 is 0 Å². The Hall–Kier alpha value is -0.900. The SMILES string of the molecule is NCC1(C2(O)CCN(Cc3ccccc3)C2)CC1. The Balaban J connectivity index is 1.65. The zero-order chi connectivity index (χ0) is 12.6. The molecule has 3 rings (SSSR count). The van der Waals surface area contributed by atoms with Gasteiger partial charge in [0.2, 0.25) is 0 Å². The first-order valence-electron chi connectivity index (χ1n) is 6.86. The van der Waals surface area contributed by atoms with E-state index in [0.717, 1.165) is 38.9 Å². The fourth-order valence-corrected chi connectivity index (χ4v) is 3.29. The van der Waals surface area contributed by atoms with Crippen LogP contribution >= 0.6 is 0 Å². The molecule has 3 heteroatoms. The molecule has 0 bridgehead atoms. The van der Waals surface area contributed by atoms with Gasteiger partial charge in [0, 0.05) is 31.6 Å². The van der Waals surface area contributed by atoms with Gasteiger partial charge >= 0.3 is 0 Å². The lowest BCUT2D eigenvalue weighted by Gasteiger charge is -2.32. The fourth-order valence-electron chi connectivity index (χ4n) is 3.29. The Bertz CT molecular complexity index is 416. The highest BCUT2D eigenvalue weighted by Crippen LogP contribution is 2.56. The summed E-state index contributed by atoms with van der Waals surface area (Å²) in [6, 6.07) is 10.5. The minimum Gasteiger partial charge on any atom is -0.388 e. The van der Waals surface area contributed by atoms with Crippen molar-refractivity contribution in [3.63, 3.8) is 0 Å². The van der Waals surface area contributed by atoms with E-state index in [0.29, 0.717) is 6.54 Å². The van der Waals surface area contributed by atoms with Gasteiger partial charge in [-0.05, 0) is 24.8 Å². The summed E-state index contributed by atoms with van der Waals surface area (Å²) >= 11 is 0. The molecule has 1 unspecified atom stereocenters. The monoisotopic (exact) mass is 246 g/mol. The van der Waals surface area contributed by atoms with E-state index in [1.54, 1.807) is 0 Å². The maximum absolute atomic E-state index is 10.8. The molecule has 3 N–H and O–H groups in total. The molecule has 18 heavy (non-hydrogen) atoms. The molecule has 2 aliphatic rings. The summed E-state index contributed by atoms with van der Waals surface area (Å²) in [7, 11) is 0. The number of β-amino-alcohol motifs (C(OH)–C–C–N with tert-alkyl or cyclic N) is 1.